The fraction of sp³-hybridized carbons (Fsp3) is 0.167. The van der Waals surface area contributed by atoms with E-state index in [-0.39, 0.29) is 11.5 Å². The molecule has 2 aromatic rings. The van der Waals surface area contributed by atoms with E-state index in [9.17, 15) is 8.42 Å². The molecule has 92 valence electrons. The van der Waals surface area contributed by atoms with Gasteiger partial charge in [-0.1, -0.05) is 0 Å². The molecule has 4 nitrogen and oxygen atoms in total. The Bertz CT molecular complexity index is 638. The van der Waals surface area contributed by atoms with E-state index in [1.165, 1.54) is 12.1 Å². The number of aliphatic hydroxyl groups excluding tert-OH is 1. The van der Waals surface area contributed by atoms with Gasteiger partial charge in [0.1, 0.15) is 0 Å². The molecule has 0 radical (unpaired) electrons. The molecule has 0 aromatic heterocycles. The third-order valence-corrected chi connectivity index (χ3v) is 3.22. The minimum atomic E-state index is -4.11. The van der Waals surface area contributed by atoms with E-state index in [0.717, 1.165) is 15.0 Å². The van der Waals surface area contributed by atoms with Gasteiger partial charge < -0.3 is 5.11 Å². The fourth-order valence-electron chi connectivity index (χ4n) is 1.57. The first-order valence-electron chi connectivity index (χ1n) is 5.48. The van der Waals surface area contributed by atoms with Gasteiger partial charge in [-0.05, 0) is 6.92 Å². The first-order chi connectivity index (χ1) is 8.40. The molecule has 0 bridgehead atoms. The van der Waals surface area contributed by atoms with E-state index in [1.54, 1.807) is 13.0 Å². The van der Waals surface area contributed by atoms with Gasteiger partial charge in [0, 0.05) is 6.61 Å². The standard InChI is InChI=1S/C10H7O3S.C2H6O.Li/c11-14(12,13)10-6-5-8-3-1-2-4-9(8)7-10;1-2-3;/h1-3,5-7H,(H,11,12,13);3H,2H2,1H3;. The van der Waals surface area contributed by atoms with Crippen LogP contribution in [-0.4, -0.2) is 42.4 Å². The van der Waals surface area contributed by atoms with Crippen LogP contribution in [-0.2, 0) is 10.1 Å². The van der Waals surface area contributed by atoms with E-state index in [2.05, 4.69) is 0 Å². The minimum absolute atomic E-state index is 0.0655. The summed E-state index contributed by atoms with van der Waals surface area (Å²) in [5, 5.41) is 9.37. The molecular formula is C12H13LiO4S. The van der Waals surface area contributed by atoms with E-state index in [1.807, 2.05) is 35.9 Å². The zero-order valence-electron chi connectivity index (χ0n) is 10.3. The van der Waals surface area contributed by atoms with Gasteiger partial charge in [0.05, 0.1) is 0 Å². The molecule has 2 N–H and O–H groups in total. The van der Waals surface area contributed by atoms with Crippen molar-refractivity contribution in [2.45, 2.75) is 11.8 Å². The summed E-state index contributed by atoms with van der Waals surface area (Å²) in [7, 11) is -4.11. The van der Waals surface area contributed by atoms with Gasteiger partial charge >= 0.3 is 97.1 Å². The Hall–Kier alpha value is -0.833. The summed E-state index contributed by atoms with van der Waals surface area (Å²) in [5.74, 6) is 0. The first kappa shape index (κ1) is 15.2. The number of hydrogen-bond acceptors (Lipinski definition) is 3. The Morgan fingerprint density at radius 3 is 2.39 bits per heavy atom. The number of aliphatic hydroxyl groups is 1. The van der Waals surface area contributed by atoms with Crippen LogP contribution in [0.5, 0.6) is 0 Å². The Morgan fingerprint density at radius 2 is 1.83 bits per heavy atom. The van der Waals surface area contributed by atoms with Crippen LogP contribution in [0.3, 0.4) is 0 Å². The van der Waals surface area contributed by atoms with Gasteiger partial charge in [-0.15, -0.1) is 0 Å². The van der Waals surface area contributed by atoms with Gasteiger partial charge in [0.2, 0.25) is 0 Å². The fourth-order valence-corrected chi connectivity index (χ4v) is 2.08. The van der Waals surface area contributed by atoms with Crippen molar-refractivity contribution < 1.29 is 18.1 Å². The average Bonchev–Trinajstić information content (AvgIpc) is 2.29. The summed E-state index contributed by atoms with van der Waals surface area (Å²) in [4.78, 5) is -0.0655. The summed E-state index contributed by atoms with van der Waals surface area (Å²) in [6.07, 6.45) is 0. The number of benzene rings is 2. The summed E-state index contributed by atoms with van der Waals surface area (Å²) in [5.41, 5.74) is 0. The Morgan fingerprint density at radius 1 is 1.22 bits per heavy atom. The molecule has 0 aliphatic carbocycles. The molecule has 18 heavy (non-hydrogen) atoms. The van der Waals surface area contributed by atoms with Crippen molar-refractivity contribution in [2.75, 3.05) is 6.61 Å². The second-order valence-corrected chi connectivity index (χ2v) is 5.17. The molecule has 0 saturated carbocycles. The van der Waals surface area contributed by atoms with Gasteiger partial charge in [0.15, 0.2) is 0 Å². The normalized spacial score (nSPS) is 10.9. The van der Waals surface area contributed by atoms with Crippen LogP contribution in [0.2, 0.25) is 0 Å². The molecule has 0 aliphatic rings. The summed E-state index contributed by atoms with van der Waals surface area (Å²) >= 11 is 1.90. The maximum absolute atomic E-state index is 10.9. The van der Waals surface area contributed by atoms with Crippen LogP contribution in [0.15, 0.2) is 41.3 Å². The number of fused-ring (bicyclic) bond motifs is 1. The van der Waals surface area contributed by atoms with Gasteiger partial charge in [-0.25, -0.2) is 0 Å². The summed E-state index contributed by atoms with van der Waals surface area (Å²) in [6.45, 7) is 1.93. The Labute approximate surface area is 116 Å². The van der Waals surface area contributed by atoms with E-state index < -0.39 is 10.1 Å². The first-order valence-corrected chi connectivity index (χ1v) is 6.92. The molecule has 0 atom stereocenters. The third kappa shape index (κ3) is 3.84. The van der Waals surface area contributed by atoms with Crippen molar-refractivity contribution in [2.24, 2.45) is 0 Å². The topological polar surface area (TPSA) is 74.6 Å². The van der Waals surface area contributed by atoms with Gasteiger partial charge in [0.25, 0.3) is 0 Å². The Balaban J connectivity index is 0.000000492. The van der Waals surface area contributed by atoms with Crippen LogP contribution < -0.4 is 4.24 Å². The molecule has 0 aliphatic heterocycles. The van der Waals surface area contributed by atoms with Crippen LogP contribution in [0, 0.1) is 0 Å². The molecule has 0 saturated heterocycles. The van der Waals surface area contributed by atoms with Crippen LogP contribution in [0.1, 0.15) is 6.92 Å². The molecule has 2 rings (SSSR count). The Kier molecular flexibility index (Phi) is 5.39. The maximum atomic E-state index is 10.9. The van der Waals surface area contributed by atoms with Crippen molar-refractivity contribution in [1.82, 2.24) is 0 Å². The molecule has 0 fully saturated rings. The molecule has 0 unspecified atom stereocenters. The SMILES string of the molecule is CCO.[Li][c]1cccc2ccc(S(=O)(=O)O)cc12. The quantitative estimate of drug-likeness (QED) is 0.589. The molecule has 0 heterocycles. The zero-order valence-corrected chi connectivity index (χ0v) is 11.1. The van der Waals surface area contributed by atoms with Crippen molar-refractivity contribution in [3.05, 3.63) is 36.4 Å². The van der Waals surface area contributed by atoms with Gasteiger partial charge in [-0.3, -0.25) is 0 Å². The molecular weight excluding hydrogens is 247 g/mol. The van der Waals surface area contributed by atoms with Crippen molar-refractivity contribution >= 4 is 42.8 Å². The number of rotatable bonds is 1. The second kappa shape index (κ2) is 6.37. The average molecular weight is 260 g/mol. The van der Waals surface area contributed by atoms with Gasteiger partial charge in [-0.2, -0.15) is 0 Å². The van der Waals surface area contributed by atoms with Crippen molar-refractivity contribution in [3.63, 3.8) is 0 Å². The van der Waals surface area contributed by atoms with E-state index in [0.29, 0.717) is 0 Å². The predicted octanol–water partition coefficient (Wildman–Crippen LogP) is 0.879. The van der Waals surface area contributed by atoms with Crippen LogP contribution in [0.25, 0.3) is 10.8 Å². The van der Waals surface area contributed by atoms with E-state index >= 15 is 0 Å². The van der Waals surface area contributed by atoms with Crippen LogP contribution >= 0.6 is 0 Å². The van der Waals surface area contributed by atoms with Crippen LogP contribution in [0.4, 0.5) is 0 Å². The van der Waals surface area contributed by atoms with Crippen molar-refractivity contribution in [1.29, 1.82) is 0 Å². The monoisotopic (exact) mass is 260 g/mol. The summed E-state index contributed by atoms with van der Waals surface area (Å²) < 4.78 is 31.8. The van der Waals surface area contributed by atoms with E-state index in [4.69, 9.17) is 9.66 Å². The molecule has 0 amide bonds. The number of hydrogen-bond donors (Lipinski definition) is 2. The van der Waals surface area contributed by atoms with Crippen molar-refractivity contribution in [3.8, 4) is 0 Å². The molecule has 6 heteroatoms. The zero-order chi connectivity index (χ0) is 13.8. The molecule has 0 spiro atoms. The predicted molar refractivity (Wildman–Crippen MR) is 71.9 cm³/mol. The summed E-state index contributed by atoms with van der Waals surface area (Å²) in [6, 6.07) is 10.3. The second-order valence-electron chi connectivity index (χ2n) is 3.75. The third-order valence-electron chi connectivity index (χ3n) is 2.37. The molecule has 2 aromatic carbocycles.